The van der Waals surface area contributed by atoms with E-state index in [2.05, 4.69) is 9.88 Å². The summed E-state index contributed by atoms with van der Waals surface area (Å²) in [5.41, 5.74) is 1.33. The minimum atomic E-state index is -3.68. The first kappa shape index (κ1) is 15.7. The van der Waals surface area contributed by atoms with Crippen molar-refractivity contribution in [3.63, 3.8) is 0 Å². The zero-order valence-electron chi connectivity index (χ0n) is 11.4. The van der Waals surface area contributed by atoms with Gasteiger partial charge in [0.2, 0.25) is 10.0 Å². The van der Waals surface area contributed by atoms with E-state index in [0.29, 0.717) is 21.9 Å². The zero-order chi connectivity index (χ0) is 15.6. The first-order valence-corrected chi connectivity index (χ1v) is 8.31. The SMILES string of the molecule is Cc1noc(C)c1CNS(=O)(=O)c1ccc(CC(=O)O)s1. The molecule has 21 heavy (non-hydrogen) atoms. The maximum Gasteiger partial charge on any atom is 0.308 e. The Balaban J connectivity index is 2.11. The van der Waals surface area contributed by atoms with Crippen molar-refractivity contribution in [1.29, 1.82) is 0 Å². The molecule has 0 atom stereocenters. The Kier molecular flexibility index (Phi) is 4.45. The highest BCUT2D eigenvalue weighted by atomic mass is 32.2. The number of nitrogens with zero attached hydrogens (tertiary/aromatic N) is 1. The predicted molar refractivity (Wildman–Crippen MR) is 75.7 cm³/mol. The van der Waals surface area contributed by atoms with Crippen molar-refractivity contribution >= 4 is 27.3 Å². The summed E-state index contributed by atoms with van der Waals surface area (Å²) < 4.78 is 31.8. The number of aromatic nitrogens is 1. The molecule has 0 fully saturated rings. The van der Waals surface area contributed by atoms with Gasteiger partial charge in [-0.15, -0.1) is 11.3 Å². The monoisotopic (exact) mass is 330 g/mol. The maximum absolute atomic E-state index is 12.1. The quantitative estimate of drug-likeness (QED) is 0.830. The summed E-state index contributed by atoms with van der Waals surface area (Å²) in [6.45, 7) is 3.52. The van der Waals surface area contributed by atoms with E-state index in [4.69, 9.17) is 9.63 Å². The van der Waals surface area contributed by atoms with Crippen molar-refractivity contribution in [2.75, 3.05) is 0 Å². The third-order valence-electron chi connectivity index (χ3n) is 2.85. The van der Waals surface area contributed by atoms with Crippen LogP contribution < -0.4 is 4.72 Å². The molecule has 0 aliphatic rings. The van der Waals surface area contributed by atoms with Gasteiger partial charge in [-0.2, -0.15) is 0 Å². The van der Waals surface area contributed by atoms with Crippen molar-refractivity contribution in [2.24, 2.45) is 0 Å². The topological polar surface area (TPSA) is 110 Å². The van der Waals surface area contributed by atoms with E-state index >= 15 is 0 Å². The molecule has 2 rings (SSSR count). The lowest BCUT2D eigenvalue weighted by Crippen LogP contribution is -2.22. The highest BCUT2D eigenvalue weighted by Crippen LogP contribution is 2.22. The summed E-state index contributed by atoms with van der Waals surface area (Å²) >= 11 is 0.943. The standard InChI is InChI=1S/C12H14N2O5S2/c1-7-10(8(2)19-14-7)6-13-21(17,18)12-4-3-9(20-12)5-11(15)16/h3-4,13H,5-6H2,1-2H3,(H,15,16). The van der Waals surface area contributed by atoms with E-state index < -0.39 is 16.0 Å². The number of carboxylic acids is 1. The number of thiophene rings is 1. The third kappa shape index (κ3) is 3.69. The summed E-state index contributed by atoms with van der Waals surface area (Å²) in [7, 11) is -3.68. The smallest absolute Gasteiger partial charge is 0.308 e. The molecule has 0 aliphatic heterocycles. The number of aliphatic carboxylic acids is 1. The number of nitrogens with one attached hydrogen (secondary N) is 1. The molecular weight excluding hydrogens is 316 g/mol. The second-order valence-corrected chi connectivity index (χ2v) is 7.58. The lowest BCUT2D eigenvalue weighted by molar-refractivity contribution is -0.136. The van der Waals surface area contributed by atoms with Gasteiger partial charge in [0.05, 0.1) is 12.1 Å². The van der Waals surface area contributed by atoms with Crippen LogP contribution in [0.5, 0.6) is 0 Å². The van der Waals surface area contributed by atoms with Gasteiger partial charge < -0.3 is 9.63 Å². The molecule has 0 spiro atoms. The third-order valence-corrected chi connectivity index (χ3v) is 5.83. The molecule has 2 aromatic heterocycles. The molecule has 2 aromatic rings. The molecular formula is C12H14N2O5S2. The van der Waals surface area contributed by atoms with Crippen molar-refractivity contribution in [2.45, 2.75) is 31.0 Å². The Morgan fingerprint density at radius 3 is 2.71 bits per heavy atom. The zero-order valence-corrected chi connectivity index (χ0v) is 13.0. The molecule has 0 radical (unpaired) electrons. The highest BCUT2D eigenvalue weighted by Gasteiger charge is 2.19. The van der Waals surface area contributed by atoms with Crippen molar-refractivity contribution in [3.8, 4) is 0 Å². The minimum Gasteiger partial charge on any atom is -0.481 e. The van der Waals surface area contributed by atoms with Crippen LogP contribution in [0.4, 0.5) is 0 Å². The number of carboxylic acid groups (broad SMARTS) is 1. The number of rotatable bonds is 6. The largest absolute Gasteiger partial charge is 0.481 e. The fourth-order valence-corrected chi connectivity index (χ4v) is 4.13. The Labute approximate surface area is 125 Å². The van der Waals surface area contributed by atoms with E-state index in [-0.39, 0.29) is 17.2 Å². The minimum absolute atomic E-state index is 0.0790. The van der Waals surface area contributed by atoms with Crippen LogP contribution >= 0.6 is 11.3 Å². The Morgan fingerprint density at radius 1 is 1.43 bits per heavy atom. The van der Waals surface area contributed by atoms with Gasteiger partial charge in [-0.3, -0.25) is 4.79 Å². The number of carbonyl (C=O) groups is 1. The molecule has 0 saturated carbocycles. The molecule has 0 saturated heterocycles. The average molecular weight is 330 g/mol. The Morgan fingerprint density at radius 2 is 2.14 bits per heavy atom. The molecule has 0 bridgehead atoms. The van der Waals surface area contributed by atoms with Gasteiger partial charge in [0.25, 0.3) is 0 Å². The maximum atomic E-state index is 12.1. The second-order valence-electron chi connectivity index (χ2n) is 4.42. The van der Waals surface area contributed by atoms with Gasteiger partial charge in [0.1, 0.15) is 9.97 Å². The van der Waals surface area contributed by atoms with Gasteiger partial charge in [-0.1, -0.05) is 5.16 Å². The lowest BCUT2D eigenvalue weighted by Gasteiger charge is -2.04. The van der Waals surface area contributed by atoms with Crippen LogP contribution in [0, 0.1) is 13.8 Å². The number of hydrogen-bond donors (Lipinski definition) is 2. The summed E-state index contributed by atoms with van der Waals surface area (Å²) in [6, 6.07) is 2.90. The molecule has 2 N–H and O–H groups in total. The fraction of sp³-hybridized carbons (Fsp3) is 0.333. The van der Waals surface area contributed by atoms with Crippen LogP contribution in [0.1, 0.15) is 21.9 Å². The molecule has 9 heteroatoms. The summed E-state index contributed by atoms with van der Waals surface area (Å²) in [5, 5.41) is 12.4. The van der Waals surface area contributed by atoms with Crippen LogP contribution in [0.25, 0.3) is 0 Å². The van der Waals surface area contributed by atoms with Gasteiger partial charge in [-0.25, -0.2) is 13.1 Å². The van der Waals surface area contributed by atoms with Crippen molar-refractivity contribution < 1.29 is 22.8 Å². The molecule has 2 heterocycles. The number of aryl methyl sites for hydroxylation is 2. The Hall–Kier alpha value is -1.71. The van der Waals surface area contributed by atoms with Gasteiger partial charge >= 0.3 is 5.97 Å². The summed E-state index contributed by atoms with van der Waals surface area (Å²) in [5.74, 6) is -0.433. The first-order valence-electron chi connectivity index (χ1n) is 6.01. The van der Waals surface area contributed by atoms with Gasteiger partial charge in [0, 0.05) is 17.0 Å². The fourth-order valence-electron chi connectivity index (χ4n) is 1.74. The van der Waals surface area contributed by atoms with Crippen molar-refractivity contribution in [3.05, 3.63) is 34.0 Å². The molecule has 0 amide bonds. The second kappa shape index (κ2) is 5.96. The van der Waals surface area contributed by atoms with Crippen LogP contribution in [-0.4, -0.2) is 24.7 Å². The molecule has 0 aliphatic carbocycles. The number of hydrogen-bond acceptors (Lipinski definition) is 6. The lowest BCUT2D eigenvalue weighted by atomic mass is 10.2. The van der Waals surface area contributed by atoms with E-state index in [1.807, 2.05) is 0 Å². The van der Waals surface area contributed by atoms with E-state index in [9.17, 15) is 13.2 Å². The van der Waals surface area contributed by atoms with Crippen LogP contribution in [0.2, 0.25) is 0 Å². The predicted octanol–water partition coefficient (Wildman–Crippen LogP) is 1.46. The molecule has 7 nitrogen and oxygen atoms in total. The van der Waals surface area contributed by atoms with Crippen LogP contribution in [-0.2, 0) is 27.8 Å². The van der Waals surface area contributed by atoms with Crippen LogP contribution in [0.3, 0.4) is 0 Å². The summed E-state index contributed by atoms with van der Waals surface area (Å²) in [6.07, 6.45) is -0.190. The van der Waals surface area contributed by atoms with Gasteiger partial charge in [-0.05, 0) is 26.0 Å². The Bertz CT molecular complexity index is 741. The first-order chi connectivity index (χ1) is 9.79. The molecule has 0 unspecified atom stereocenters. The van der Waals surface area contributed by atoms with Crippen LogP contribution in [0.15, 0.2) is 20.9 Å². The van der Waals surface area contributed by atoms with Crippen molar-refractivity contribution in [1.82, 2.24) is 9.88 Å². The van der Waals surface area contributed by atoms with Gasteiger partial charge in [0.15, 0.2) is 0 Å². The molecule has 0 aromatic carbocycles. The molecule has 114 valence electrons. The van der Waals surface area contributed by atoms with E-state index in [0.717, 1.165) is 11.3 Å². The number of sulfonamides is 1. The highest BCUT2D eigenvalue weighted by molar-refractivity contribution is 7.91. The van der Waals surface area contributed by atoms with E-state index in [1.54, 1.807) is 13.8 Å². The summed E-state index contributed by atoms with van der Waals surface area (Å²) in [4.78, 5) is 11.1. The average Bonchev–Trinajstić information content (AvgIpc) is 2.95. The normalized spacial score (nSPS) is 11.7. The van der Waals surface area contributed by atoms with E-state index in [1.165, 1.54) is 12.1 Å².